The normalized spacial score (nSPS) is 28.7. The van der Waals surface area contributed by atoms with Crippen LogP contribution in [-0.4, -0.2) is 36.4 Å². The average molecular weight is 300 g/mol. The quantitative estimate of drug-likeness (QED) is 0.859. The van der Waals surface area contributed by atoms with E-state index in [1.165, 1.54) is 17.8 Å². The zero-order valence-electron chi connectivity index (χ0n) is 10.3. The van der Waals surface area contributed by atoms with Gasteiger partial charge in [-0.1, -0.05) is 17.8 Å². The van der Waals surface area contributed by atoms with E-state index in [9.17, 15) is 12.8 Å². The van der Waals surface area contributed by atoms with Crippen molar-refractivity contribution in [2.45, 2.75) is 18.2 Å². The summed E-state index contributed by atoms with van der Waals surface area (Å²) in [6, 6.07) is 4.52. The molecule has 1 N–H and O–H groups in total. The summed E-state index contributed by atoms with van der Waals surface area (Å²) in [5.41, 5.74) is 1.10. The molecule has 19 heavy (non-hydrogen) atoms. The van der Waals surface area contributed by atoms with Crippen LogP contribution in [0.4, 0.5) is 10.1 Å². The van der Waals surface area contributed by atoms with Crippen LogP contribution in [-0.2, 0) is 9.84 Å². The van der Waals surface area contributed by atoms with E-state index < -0.39 is 9.84 Å². The molecule has 0 aromatic heterocycles. The second-order valence-electron chi connectivity index (χ2n) is 4.91. The maximum atomic E-state index is 13.6. The van der Waals surface area contributed by atoms with Crippen molar-refractivity contribution in [1.29, 1.82) is 5.41 Å². The lowest BCUT2D eigenvalue weighted by Crippen LogP contribution is -2.37. The largest absolute Gasteiger partial charge is 0.316 e. The van der Waals surface area contributed by atoms with E-state index in [2.05, 4.69) is 0 Å². The first-order valence-corrected chi connectivity index (χ1v) is 8.58. The molecular weight excluding hydrogens is 287 g/mol. The summed E-state index contributed by atoms with van der Waals surface area (Å²) in [5, 5.41) is 8.16. The van der Waals surface area contributed by atoms with E-state index in [0.29, 0.717) is 16.4 Å². The Labute approximate surface area is 115 Å². The molecule has 102 valence electrons. The molecule has 0 unspecified atom stereocenters. The molecule has 4 nitrogen and oxygen atoms in total. The van der Waals surface area contributed by atoms with Gasteiger partial charge in [0, 0.05) is 10.9 Å². The number of sulfone groups is 1. The van der Waals surface area contributed by atoms with Crippen LogP contribution in [0.5, 0.6) is 0 Å². The highest BCUT2D eigenvalue weighted by Gasteiger charge is 2.48. The van der Waals surface area contributed by atoms with Gasteiger partial charge in [0.05, 0.1) is 17.5 Å². The highest BCUT2D eigenvalue weighted by molar-refractivity contribution is 8.15. The summed E-state index contributed by atoms with van der Waals surface area (Å²) in [6.45, 7) is 1.67. The number of amidine groups is 1. The number of hydrogen-bond acceptors (Lipinski definition) is 4. The Kier molecular flexibility index (Phi) is 2.86. The van der Waals surface area contributed by atoms with Crippen LogP contribution in [0.2, 0.25) is 0 Å². The van der Waals surface area contributed by atoms with Crippen LogP contribution in [0.3, 0.4) is 0 Å². The number of halogens is 1. The Balaban J connectivity index is 1.99. The minimum Gasteiger partial charge on any atom is -0.316 e. The summed E-state index contributed by atoms with van der Waals surface area (Å²) < 4.78 is 37.0. The number of hydrogen-bond donors (Lipinski definition) is 1. The lowest BCUT2D eigenvalue weighted by atomic mass is 10.1. The van der Waals surface area contributed by atoms with Crippen molar-refractivity contribution in [3.05, 3.63) is 29.6 Å². The molecule has 0 radical (unpaired) electrons. The zero-order chi connectivity index (χ0) is 13.8. The van der Waals surface area contributed by atoms with E-state index in [4.69, 9.17) is 5.41 Å². The Morgan fingerprint density at radius 3 is 2.84 bits per heavy atom. The smallest absolute Gasteiger partial charge is 0.161 e. The summed E-state index contributed by atoms with van der Waals surface area (Å²) in [6.07, 6.45) is 0. The van der Waals surface area contributed by atoms with E-state index in [-0.39, 0.29) is 28.6 Å². The highest BCUT2D eigenvalue weighted by Crippen LogP contribution is 2.40. The van der Waals surface area contributed by atoms with Crippen molar-refractivity contribution in [2.75, 3.05) is 16.4 Å². The van der Waals surface area contributed by atoms with Crippen molar-refractivity contribution in [3.63, 3.8) is 0 Å². The molecule has 2 atom stereocenters. The van der Waals surface area contributed by atoms with Crippen molar-refractivity contribution in [3.8, 4) is 0 Å². The Bertz CT molecular complexity index is 660. The van der Waals surface area contributed by atoms with Gasteiger partial charge in [-0.2, -0.15) is 0 Å². The fourth-order valence-electron chi connectivity index (χ4n) is 2.54. The molecular formula is C12H13FN2O2S2. The van der Waals surface area contributed by atoms with Crippen molar-refractivity contribution < 1.29 is 12.8 Å². The van der Waals surface area contributed by atoms with Crippen molar-refractivity contribution >= 4 is 32.5 Å². The Hall–Kier alpha value is -1.08. The zero-order valence-corrected chi connectivity index (χ0v) is 11.9. The predicted octanol–water partition coefficient (Wildman–Crippen LogP) is 1.79. The van der Waals surface area contributed by atoms with Gasteiger partial charge in [-0.15, -0.1) is 0 Å². The lowest BCUT2D eigenvalue weighted by molar-refractivity contribution is 0.601. The van der Waals surface area contributed by atoms with Crippen LogP contribution in [0.1, 0.15) is 5.56 Å². The van der Waals surface area contributed by atoms with Crippen LogP contribution in [0, 0.1) is 18.2 Å². The SMILES string of the molecule is Cc1ccc(N2C(=N)S[C@@H]3CS(=O)(=O)C[C@@H]32)cc1F. The Morgan fingerprint density at radius 2 is 2.16 bits per heavy atom. The maximum Gasteiger partial charge on any atom is 0.161 e. The first-order chi connectivity index (χ1) is 8.87. The third kappa shape index (κ3) is 2.14. The molecule has 2 saturated heterocycles. The van der Waals surface area contributed by atoms with Gasteiger partial charge >= 0.3 is 0 Å². The number of rotatable bonds is 1. The molecule has 2 aliphatic heterocycles. The fourth-order valence-corrected chi connectivity index (χ4v) is 6.33. The number of nitrogens with one attached hydrogen (secondary N) is 1. The van der Waals surface area contributed by atoms with Crippen molar-refractivity contribution in [2.24, 2.45) is 0 Å². The first kappa shape index (κ1) is 12.9. The topological polar surface area (TPSA) is 61.2 Å². The minimum absolute atomic E-state index is 0.0442. The summed E-state index contributed by atoms with van der Waals surface area (Å²) in [4.78, 5) is 1.64. The lowest BCUT2D eigenvalue weighted by Gasteiger charge is -2.24. The number of thioether (sulfide) groups is 1. The van der Waals surface area contributed by atoms with Crippen LogP contribution >= 0.6 is 11.8 Å². The molecule has 0 bridgehead atoms. The van der Waals surface area contributed by atoms with Crippen molar-refractivity contribution in [1.82, 2.24) is 0 Å². The summed E-state index contributed by atoms with van der Waals surface area (Å²) in [5.74, 6) is -0.183. The van der Waals surface area contributed by atoms with E-state index >= 15 is 0 Å². The average Bonchev–Trinajstić information content (AvgIpc) is 2.73. The first-order valence-electron chi connectivity index (χ1n) is 5.88. The van der Waals surface area contributed by atoms with E-state index in [1.807, 2.05) is 0 Å². The molecule has 0 saturated carbocycles. The molecule has 0 spiro atoms. The van der Waals surface area contributed by atoms with Gasteiger partial charge in [0.15, 0.2) is 15.0 Å². The molecule has 0 amide bonds. The molecule has 1 aromatic carbocycles. The molecule has 1 aromatic rings. The monoisotopic (exact) mass is 300 g/mol. The maximum absolute atomic E-state index is 13.6. The van der Waals surface area contributed by atoms with Gasteiger partial charge in [0.1, 0.15) is 5.82 Å². The molecule has 3 rings (SSSR count). The van der Waals surface area contributed by atoms with E-state index in [0.717, 1.165) is 0 Å². The standard InChI is InChI=1S/C12H13FN2O2S2/c1-7-2-3-8(4-9(7)13)15-10-5-19(16,17)6-11(10)18-12(15)14/h2-4,10-11,14H,5-6H2,1H3/t10-,11+/m0/s1. The molecule has 7 heteroatoms. The van der Waals surface area contributed by atoms with Gasteiger partial charge < -0.3 is 4.90 Å². The Morgan fingerprint density at radius 1 is 1.42 bits per heavy atom. The summed E-state index contributed by atoms with van der Waals surface area (Å²) >= 11 is 1.26. The number of fused-ring (bicyclic) bond motifs is 1. The highest BCUT2D eigenvalue weighted by atomic mass is 32.2. The third-order valence-corrected chi connectivity index (χ3v) is 6.65. The molecule has 2 fully saturated rings. The van der Waals surface area contributed by atoms with Gasteiger partial charge in [0.25, 0.3) is 0 Å². The number of benzene rings is 1. The van der Waals surface area contributed by atoms with E-state index in [1.54, 1.807) is 24.0 Å². The van der Waals surface area contributed by atoms with Crippen LogP contribution < -0.4 is 4.90 Å². The second kappa shape index (κ2) is 4.21. The molecule has 2 aliphatic rings. The second-order valence-corrected chi connectivity index (χ2v) is 8.29. The van der Waals surface area contributed by atoms with Gasteiger partial charge in [0.2, 0.25) is 0 Å². The van der Waals surface area contributed by atoms with Gasteiger partial charge in [-0.05, 0) is 24.6 Å². The summed E-state index contributed by atoms with van der Waals surface area (Å²) in [7, 11) is -3.04. The van der Waals surface area contributed by atoms with Crippen LogP contribution in [0.15, 0.2) is 18.2 Å². The van der Waals surface area contributed by atoms with Gasteiger partial charge in [-0.25, -0.2) is 12.8 Å². The predicted molar refractivity (Wildman–Crippen MR) is 75.2 cm³/mol. The minimum atomic E-state index is -3.04. The number of aryl methyl sites for hydroxylation is 1. The number of nitrogens with zero attached hydrogens (tertiary/aromatic N) is 1. The molecule has 0 aliphatic carbocycles. The number of anilines is 1. The fraction of sp³-hybridized carbons (Fsp3) is 0.417. The third-order valence-electron chi connectivity index (χ3n) is 3.52. The van der Waals surface area contributed by atoms with Crippen LogP contribution in [0.25, 0.3) is 0 Å². The van der Waals surface area contributed by atoms with Gasteiger partial charge in [-0.3, -0.25) is 5.41 Å². The molecule has 2 heterocycles.